The van der Waals surface area contributed by atoms with Crippen molar-refractivity contribution in [2.24, 2.45) is 0 Å². The number of alkyl halides is 2. The highest BCUT2D eigenvalue weighted by molar-refractivity contribution is 5.70. The van der Waals surface area contributed by atoms with E-state index >= 15 is 0 Å². The predicted molar refractivity (Wildman–Crippen MR) is 80.9 cm³/mol. The van der Waals surface area contributed by atoms with Crippen molar-refractivity contribution in [1.82, 2.24) is 0 Å². The topological polar surface area (TPSA) is 0 Å². The van der Waals surface area contributed by atoms with Gasteiger partial charge in [0, 0.05) is 5.56 Å². The van der Waals surface area contributed by atoms with E-state index in [1.807, 2.05) is 37.3 Å². The zero-order valence-electron chi connectivity index (χ0n) is 11.7. The molecule has 2 rings (SSSR count). The maximum Gasteiger partial charge on any atom is 0.263 e. The van der Waals surface area contributed by atoms with Crippen LogP contribution in [0.5, 0.6) is 0 Å². The van der Waals surface area contributed by atoms with Crippen LogP contribution in [0.3, 0.4) is 0 Å². The number of halogens is 2. The summed E-state index contributed by atoms with van der Waals surface area (Å²) in [7, 11) is 0. The summed E-state index contributed by atoms with van der Waals surface area (Å²) < 4.78 is 25.5. The number of rotatable bonds is 4. The maximum atomic E-state index is 12.7. The van der Waals surface area contributed by atoms with Crippen molar-refractivity contribution in [3.8, 4) is 0 Å². The van der Waals surface area contributed by atoms with Gasteiger partial charge in [-0.25, -0.2) is 8.78 Å². The van der Waals surface area contributed by atoms with Crippen LogP contribution in [0, 0.1) is 6.92 Å². The van der Waals surface area contributed by atoms with Crippen LogP contribution in [0.25, 0.3) is 12.2 Å². The summed E-state index contributed by atoms with van der Waals surface area (Å²) in [6.07, 6.45) is 2.41. The first kappa shape index (κ1) is 14.4. The van der Waals surface area contributed by atoms with Gasteiger partial charge in [-0.2, -0.15) is 0 Å². The van der Waals surface area contributed by atoms with Gasteiger partial charge >= 0.3 is 0 Å². The van der Waals surface area contributed by atoms with Gasteiger partial charge in [-0.1, -0.05) is 61.0 Å². The second-order valence-corrected chi connectivity index (χ2v) is 4.91. The number of benzene rings is 2. The van der Waals surface area contributed by atoms with Gasteiger partial charge in [0.2, 0.25) is 0 Å². The van der Waals surface area contributed by atoms with Crippen molar-refractivity contribution in [3.05, 3.63) is 70.3 Å². The average molecular weight is 272 g/mol. The molecule has 0 aliphatic carbocycles. The van der Waals surface area contributed by atoms with Crippen LogP contribution in [0.2, 0.25) is 0 Å². The molecule has 2 heteroatoms. The first-order valence-corrected chi connectivity index (χ1v) is 6.75. The van der Waals surface area contributed by atoms with Crippen molar-refractivity contribution in [2.45, 2.75) is 26.7 Å². The molecule has 0 nitrogen and oxygen atoms in total. The minimum absolute atomic E-state index is 0.0750. The molecular formula is C18H18F2. The van der Waals surface area contributed by atoms with Crippen molar-refractivity contribution < 1.29 is 8.78 Å². The SMILES string of the molecule is CCc1ccc(/C=C/c2cc(C)cc(C(F)F)c2)cc1. The minimum Gasteiger partial charge on any atom is -0.205 e. The van der Waals surface area contributed by atoms with Gasteiger partial charge in [-0.15, -0.1) is 0 Å². The first-order valence-electron chi connectivity index (χ1n) is 6.75. The van der Waals surface area contributed by atoms with E-state index in [0.29, 0.717) is 0 Å². The van der Waals surface area contributed by atoms with Gasteiger partial charge in [-0.3, -0.25) is 0 Å². The second kappa shape index (κ2) is 6.47. The van der Waals surface area contributed by atoms with Gasteiger partial charge in [-0.05, 0) is 36.1 Å². The van der Waals surface area contributed by atoms with Crippen LogP contribution in [0.4, 0.5) is 8.78 Å². The van der Waals surface area contributed by atoms with Crippen LogP contribution in [0.1, 0.15) is 41.2 Å². The molecule has 0 aliphatic rings. The Kier molecular flexibility index (Phi) is 4.67. The average Bonchev–Trinajstić information content (AvgIpc) is 2.45. The smallest absolute Gasteiger partial charge is 0.205 e. The molecule has 0 radical (unpaired) electrons. The second-order valence-electron chi connectivity index (χ2n) is 4.91. The van der Waals surface area contributed by atoms with Gasteiger partial charge in [0.05, 0.1) is 0 Å². The summed E-state index contributed by atoms with van der Waals surface area (Å²) >= 11 is 0. The van der Waals surface area contributed by atoms with Gasteiger partial charge in [0.15, 0.2) is 0 Å². The molecule has 0 bridgehead atoms. The Morgan fingerprint density at radius 1 is 0.950 bits per heavy atom. The fourth-order valence-corrected chi connectivity index (χ4v) is 2.12. The number of aryl methyl sites for hydroxylation is 2. The van der Waals surface area contributed by atoms with Crippen molar-refractivity contribution in [3.63, 3.8) is 0 Å². The van der Waals surface area contributed by atoms with Gasteiger partial charge in [0.1, 0.15) is 0 Å². The molecule has 0 aliphatic heterocycles. The minimum atomic E-state index is -2.43. The Labute approximate surface area is 118 Å². The van der Waals surface area contributed by atoms with Crippen LogP contribution in [0.15, 0.2) is 42.5 Å². The van der Waals surface area contributed by atoms with Crippen LogP contribution < -0.4 is 0 Å². The summed E-state index contributed by atoms with van der Waals surface area (Å²) in [6, 6.07) is 13.2. The number of hydrogen-bond donors (Lipinski definition) is 0. The van der Waals surface area contributed by atoms with E-state index in [2.05, 4.69) is 19.1 Å². The third-order valence-electron chi connectivity index (χ3n) is 3.23. The molecular weight excluding hydrogens is 254 g/mol. The molecule has 0 saturated heterocycles. The van der Waals surface area contributed by atoms with Crippen molar-refractivity contribution in [1.29, 1.82) is 0 Å². The van der Waals surface area contributed by atoms with E-state index in [1.165, 1.54) is 17.7 Å². The summed E-state index contributed by atoms with van der Waals surface area (Å²) in [5, 5.41) is 0. The van der Waals surface area contributed by atoms with E-state index in [0.717, 1.165) is 23.1 Å². The fourth-order valence-electron chi connectivity index (χ4n) is 2.12. The Hall–Kier alpha value is -1.96. The van der Waals surface area contributed by atoms with Crippen molar-refractivity contribution >= 4 is 12.2 Å². The Bertz CT molecular complexity index is 595. The Balaban J connectivity index is 2.21. The van der Waals surface area contributed by atoms with E-state index in [-0.39, 0.29) is 5.56 Å². The molecule has 0 fully saturated rings. The van der Waals surface area contributed by atoms with E-state index in [9.17, 15) is 8.78 Å². The molecule has 2 aromatic carbocycles. The molecule has 0 unspecified atom stereocenters. The lowest BCUT2D eigenvalue weighted by molar-refractivity contribution is 0.151. The zero-order chi connectivity index (χ0) is 14.5. The van der Waals surface area contributed by atoms with Gasteiger partial charge < -0.3 is 0 Å². The van der Waals surface area contributed by atoms with Crippen molar-refractivity contribution in [2.75, 3.05) is 0 Å². The molecule has 0 amide bonds. The molecule has 2 aromatic rings. The summed E-state index contributed by atoms with van der Waals surface area (Å²) in [5.74, 6) is 0. The maximum absolute atomic E-state index is 12.7. The van der Waals surface area contributed by atoms with E-state index in [1.54, 1.807) is 0 Å². The zero-order valence-corrected chi connectivity index (χ0v) is 11.7. The fraction of sp³-hybridized carbons (Fsp3) is 0.222. The van der Waals surface area contributed by atoms with E-state index in [4.69, 9.17) is 0 Å². The predicted octanol–water partition coefficient (Wildman–Crippen LogP) is 5.67. The van der Waals surface area contributed by atoms with Crippen LogP contribution >= 0.6 is 0 Å². The Morgan fingerprint density at radius 2 is 1.60 bits per heavy atom. The number of hydrogen-bond acceptors (Lipinski definition) is 0. The quantitative estimate of drug-likeness (QED) is 0.629. The third-order valence-corrected chi connectivity index (χ3v) is 3.23. The standard InChI is InChI=1S/C18H18F2/c1-3-14-4-6-15(7-5-14)8-9-16-10-13(2)11-17(12-16)18(19)20/h4-12,18H,3H2,1-2H3/b9-8+. The molecule has 0 aromatic heterocycles. The molecule has 20 heavy (non-hydrogen) atoms. The molecule has 104 valence electrons. The first-order chi connectivity index (χ1) is 9.58. The summed E-state index contributed by atoms with van der Waals surface area (Å²) in [5.41, 5.74) is 4.09. The van der Waals surface area contributed by atoms with Gasteiger partial charge in [0.25, 0.3) is 6.43 Å². The highest BCUT2D eigenvalue weighted by atomic mass is 19.3. The third kappa shape index (κ3) is 3.77. The summed E-state index contributed by atoms with van der Waals surface area (Å²) in [6.45, 7) is 3.95. The lowest BCUT2D eigenvalue weighted by Crippen LogP contribution is -1.87. The monoisotopic (exact) mass is 272 g/mol. The molecule has 0 saturated carbocycles. The summed E-state index contributed by atoms with van der Waals surface area (Å²) in [4.78, 5) is 0. The lowest BCUT2D eigenvalue weighted by atomic mass is 10.0. The normalized spacial score (nSPS) is 11.4. The molecule has 0 N–H and O–H groups in total. The molecule has 0 heterocycles. The molecule has 0 atom stereocenters. The Morgan fingerprint density at radius 3 is 2.20 bits per heavy atom. The largest absolute Gasteiger partial charge is 0.263 e. The highest BCUT2D eigenvalue weighted by Crippen LogP contribution is 2.22. The van der Waals surface area contributed by atoms with Crippen LogP contribution in [-0.2, 0) is 6.42 Å². The lowest BCUT2D eigenvalue weighted by Gasteiger charge is -2.04. The molecule has 0 spiro atoms. The van der Waals surface area contributed by atoms with E-state index < -0.39 is 6.43 Å². The van der Waals surface area contributed by atoms with Crippen LogP contribution in [-0.4, -0.2) is 0 Å². The highest BCUT2D eigenvalue weighted by Gasteiger charge is 2.07.